The minimum absolute atomic E-state index is 0.213. The molecule has 11 heavy (non-hydrogen) atoms. The molecule has 0 saturated heterocycles. The maximum atomic E-state index is 12.8. The highest BCUT2D eigenvalue weighted by Gasteiger charge is 2.24. The molecule has 1 fully saturated rings. The van der Waals surface area contributed by atoms with Gasteiger partial charge >= 0.3 is 0 Å². The largest absolute Gasteiger partial charge is 0.325 e. The predicted molar refractivity (Wildman–Crippen MR) is 45.1 cm³/mol. The van der Waals surface area contributed by atoms with Crippen molar-refractivity contribution in [3.8, 4) is 0 Å². The minimum Gasteiger partial charge on any atom is -0.325 e. The molecule has 0 aromatic rings. The summed E-state index contributed by atoms with van der Waals surface area (Å²) < 4.78 is 12.8. The summed E-state index contributed by atoms with van der Waals surface area (Å²) in [6, 6.07) is -0.213. The maximum absolute atomic E-state index is 12.8. The topological polar surface area (TPSA) is 26.0 Å². The van der Waals surface area contributed by atoms with Crippen LogP contribution in [-0.2, 0) is 0 Å². The van der Waals surface area contributed by atoms with E-state index in [0.29, 0.717) is 5.92 Å². The lowest BCUT2D eigenvalue weighted by Gasteiger charge is -2.28. The van der Waals surface area contributed by atoms with Gasteiger partial charge in [0.15, 0.2) is 0 Å². The standard InChI is InChI=1S/C9H18FN/c1-7(10)9(11)8-5-3-2-4-6-8/h7-9H,2-6,11H2,1H3. The molecule has 2 atom stereocenters. The molecule has 0 radical (unpaired) electrons. The van der Waals surface area contributed by atoms with Crippen LogP contribution in [0.5, 0.6) is 0 Å². The number of rotatable bonds is 2. The van der Waals surface area contributed by atoms with Crippen molar-refractivity contribution in [1.29, 1.82) is 0 Å². The Morgan fingerprint density at radius 3 is 2.27 bits per heavy atom. The lowest BCUT2D eigenvalue weighted by atomic mass is 9.83. The molecular formula is C9H18FN. The van der Waals surface area contributed by atoms with Crippen molar-refractivity contribution in [1.82, 2.24) is 0 Å². The molecule has 2 unspecified atom stereocenters. The van der Waals surface area contributed by atoms with E-state index < -0.39 is 6.17 Å². The number of hydrogen-bond acceptors (Lipinski definition) is 1. The summed E-state index contributed by atoms with van der Waals surface area (Å²) in [7, 11) is 0. The third kappa shape index (κ3) is 2.44. The highest BCUT2D eigenvalue weighted by atomic mass is 19.1. The summed E-state index contributed by atoms with van der Waals surface area (Å²) in [6.07, 6.45) is 5.23. The molecule has 2 N–H and O–H groups in total. The van der Waals surface area contributed by atoms with Gasteiger partial charge in [-0.05, 0) is 25.7 Å². The monoisotopic (exact) mass is 159 g/mol. The minimum atomic E-state index is -0.835. The van der Waals surface area contributed by atoms with Crippen molar-refractivity contribution < 1.29 is 4.39 Å². The van der Waals surface area contributed by atoms with Crippen LogP contribution in [0.3, 0.4) is 0 Å². The first-order chi connectivity index (χ1) is 5.22. The zero-order valence-corrected chi connectivity index (χ0v) is 7.22. The molecule has 0 heterocycles. The van der Waals surface area contributed by atoms with Crippen molar-refractivity contribution in [2.45, 2.75) is 51.2 Å². The van der Waals surface area contributed by atoms with Gasteiger partial charge in [-0.15, -0.1) is 0 Å². The van der Waals surface area contributed by atoms with Crippen LogP contribution in [-0.4, -0.2) is 12.2 Å². The van der Waals surface area contributed by atoms with E-state index in [-0.39, 0.29) is 6.04 Å². The normalized spacial score (nSPS) is 26.5. The van der Waals surface area contributed by atoms with Crippen LogP contribution in [0, 0.1) is 5.92 Å². The van der Waals surface area contributed by atoms with E-state index in [2.05, 4.69) is 0 Å². The molecule has 2 heteroatoms. The molecule has 0 spiro atoms. The average molecular weight is 159 g/mol. The molecule has 66 valence electrons. The van der Waals surface area contributed by atoms with Gasteiger partial charge in [-0.3, -0.25) is 0 Å². The van der Waals surface area contributed by atoms with Gasteiger partial charge in [-0.1, -0.05) is 19.3 Å². The summed E-state index contributed by atoms with van der Waals surface area (Å²) in [4.78, 5) is 0. The van der Waals surface area contributed by atoms with Crippen LogP contribution in [0.1, 0.15) is 39.0 Å². The van der Waals surface area contributed by atoms with Gasteiger partial charge in [0.1, 0.15) is 6.17 Å². The average Bonchev–Trinajstić information content (AvgIpc) is 2.05. The molecule has 1 aliphatic rings. The Labute approximate surface area is 68.2 Å². The molecular weight excluding hydrogens is 141 g/mol. The smallest absolute Gasteiger partial charge is 0.113 e. The fraction of sp³-hybridized carbons (Fsp3) is 1.00. The fourth-order valence-corrected chi connectivity index (χ4v) is 1.89. The van der Waals surface area contributed by atoms with E-state index in [9.17, 15) is 4.39 Å². The molecule has 1 nitrogen and oxygen atoms in total. The molecule has 0 aliphatic heterocycles. The Bertz CT molecular complexity index is 108. The highest BCUT2D eigenvalue weighted by Crippen LogP contribution is 2.27. The van der Waals surface area contributed by atoms with Gasteiger partial charge in [0, 0.05) is 6.04 Å². The van der Waals surface area contributed by atoms with E-state index in [0.717, 1.165) is 12.8 Å². The number of nitrogens with two attached hydrogens (primary N) is 1. The third-order valence-electron chi connectivity index (χ3n) is 2.72. The molecule has 0 aromatic carbocycles. The zero-order chi connectivity index (χ0) is 8.27. The molecule has 0 amide bonds. The Morgan fingerprint density at radius 2 is 1.82 bits per heavy atom. The van der Waals surface area contributed by atoms with Gasteiger partial charge in [-0.2, -0.15) is 0 Å². The lowest BCUT2D eigenvalue weighted by molar-refractivity contribution is 0.206. The van der Waals surface area contributed by atoms with Crippen molar-refractivity contribution in [3.63, 3.8) is 0 Å². The van der Waals surface area contributed by atoms with Gasteiger partial charge in [-0.25, -0.2) is 4.39 Å². The predicted octanol–water partition coefficient (Wildman–Crippen LogP) is 2.25. The summed E-state index contributed by atoms with van der Waals surface area (Å²) in [6.45, 7) is 1.57. The second-order valence-corrected chi connectivity index (χ2v) is 3.65. The number of hydrogen-bond donors (Lipinski definition) is 1. The highest BCUT2D eigenvalue weighted by molar-refractivity contribution is 4.79. The van der Waals surface area contributed by atoms with Crippen LogP contribution in [0.25, 0.3) is 0 Å². The Hall–Kier alpha value is -0.110. The molecule has 1 aliphatic carbocycles. The van der Waals surface area contributed by atoms with E-state index in [4.69, 9.17) is 5.73 Å². The first kappa shape index (κ1) is 8.98. The SMILES string of the molecule is CC(F)C(N)C1CCCCC1. The summed E-state index contributed by atoms with van der Waals surface area (Å²) in [5.41, 5.74) is 5.72. The lowest BCUT2D eigenvalue weighted by Crippen LogP contribution is -2.38. The van der Waals surface area contributed by atoms with Gasteiger partial charge in [0.25, 0.3) is 0 Å². The molecule has 0 aromatic heterocycles. The molecule has 0 bridgehead atoms. The van der Waals surface area contributed by atoms with Crippen molar-refractivity contribution in [2.75, 3.05) is 0 Å². The quantitative estimate of drug-likeness (QED) is 0.657. The Morgan fingerprint density at radius 1 is 1.27 bits per heavy atom. The summed E-state index contributed by atoms with van der Waals surface area (Å²) in [5.74, 6) is 0.448. The van der Waals surface area contributed by atoms with E-state index in [1.165, 1.54) is 19.3 Å². The first-order valence-corrected chi connectivity index (χ1v) is 4.61. The zero-order valence-electron chi connectivity index (χ0n) is 7.22. The van der Waals surface area contributed by atoms with Crippen LogP contribution in [0.4, 0.5) is 4.39 Å². The summed E-state index contributed by atoms with van der Waals surface area (Å²) >= 11 is 0. The molecule has 1 saturated carbocycles. The van der Waals surface area contributed by atoms with Gasteiger partial charge < -0.3 is 5.73 Å². The second kappa shape index (κ2) is 4.05. The third-order valence-corrected chi connectivity index (χ3v) is 2.72. The van der Waals surface area contributed by atoms with Crippen molar-refractivity contribution in [3.05, 3.63) is 0 Å². The maximum Gasteiger partial charge on any atom is 0.113 e. The van der Waals surface area contributed by atoms with E-state index in [1.807, 2.05) is 0 Å². The Balaban J connectivity index is 2.32. The van der Waals surface area contributed by atoms with Crippen molar-refractivity contribution >= 4 is 0 Å². The first-order valence-electron chi connectivity index (χ1n) is 4.61. The Kier molecular flexibility index (Phi) is 3.31. The van der Waals surface area contributed by atoms with Crippen LogP contribution >= 0.6 is 0 Å². The van der Waals surface area contributed by atoms with Gasteiger partial charge in [0.05, 0.1) is 0 Å². The van der Waals surface area contributed by atoms with Crippen molar-refractivity contribution in [2.24, 2.45) is 11.7 Å². The second-order valence-electron chi connectivity index (χ2n) is 3.65. The number of halogens is 1. The fourth-order valence-electron chi connectivity index (χ4n) is 1.89. The van der Waals surface area contributed by atoms with Crippen LogP contribution in [0.15, 0.2) is 0 Å². The number of alkyl halides is 1. The van der Waals surface area contributed by atoms with Gasteiger partial charge in [0.2, 0.25) is 0 Å². The van der Waals surface area contributed by atoms with Crippen LogP contribution in [0.2, 0.25) is 0 Å². The van der Waals surface area contributed by atoms with Crippen LogP contribution < -0.4 is 5.73 Å². The van der Waals surface area contributed by atoms with E-state index >= 15 is 0 Å². The summed E-state index contributed by atoms with van der Waals surface area (Å²) in [5, 5.41) is 0. The van der Waals surface area contributed by atoms with E-state index in [1.54, 1.807) is 6.92 Å². The molecule has 1 rings (SSSR count).